The molecule has 1 saturated carbocycles. The summed E-state index contributed by atoms with van der Waals surface area (Å²) < 4.78 is 0. The summed E-state index contributed by atoms with van der Waals surface area (Å²) in [6, 6.07) is 0.642. The van der Waals surface area contributed by atoms with E-state index in [4.69, 9.17) is 0 Å². The maximum atomic E-state index is 10.5. The van der Waals surface area contributed by atoms with E-state index in [0.29, 0.717) is 11.6 Å². The molecular formula is C10H18N2O. The van der Waals surface area contributed by atoms with Crippen molar-refractivity contribution >= 4 is 6.41 Å². The Bertz CT molecular complexity index is 193. The van der Waals surface area contributed by atoms with Crippen molar-refractivity contribution in [2.24, 2.45) is 0 Å². The highest BCUT2D eigenvalue weighted by atomic mass is 16.1. The molecule has 0 atom stereocenters. The molecule has 2 fully saturated rings. The third-order valence-electron chi connectivity index (χ3n) is 3.23. The Balaban J connectivity index is 1.74. The second-order valence-corrected chi connectivity index (χ2v) is 4.62. The van der Waals surface area contributed by atoms with Crippen LogP contribution in [0.25, 0.3) is 0 Å². The second kappa shape index (κ2) is 3.29. The van der Waals surface area contributed by atoms with Crippen LogP contribution in [0, 0.1) is 0 Å². The molecule has 0 radical (unpaired) electrons. The molecule has 0 aromatic carbocycles. The Kier molecular flexibility index (Phi) is 2.28. The highest BCUT2D eigenvalue weighted by molar-refractivity contribution is 5.47. The highest BCUT2D eigenvalue weighted by Gasteiger charge is 2.39. The quantitative estimate of drug-likeness (QED) is 0.653. The number of carbonyl (C=O) groups is 1. The Morgan fingerprint density at radius 2 is 2.00 bits per heavy atom. The van der Waals surface area contributed by atoms with Crippen molar-refractivity contribution in [3.05, 3.63) is 0 Å². The van der Waals surface area contributed by atoms with Gasteiger partial charge in [-0.15, -0.1) is 0 Å². The number of likely N-dealkylation sites (tertiary alicyclic amines) is 1. The Hall–Kier alpha value is -0.570. The van der Waals surface area contributed by atoms with Gasteiger partial charge >= 0.3 is 0 Å². The number of rotatable bonds is 3. The summed E-state index contributed by atoms with van der Waals surface area (Å²) in [5.41, 5.74) is 0.439. The lowest BCUT2D eigenvalue weighted by Gasteiger charge is -2.31. The summed E-state index contributed by atoms with van der Waals surface area (Å²) >= 11 is 0. The number of carbonyl (C=O) groups excluding carboxylic acids is 1. The summed E-state index contributed by atoms with van der Waals surface area (Å²) in [6.45, 7) is 4.15. The van der Waals surface area contributed by atoms with Gasteiger partial charge in [-0.3, -0.25) is 4.79 Å². The third kappa shape index (κ3) is 2.21. The highest BCUT2D eigenvalue weighted by Crippen LogP contribution is 2.35. The molecule has 3 nitrogen and oxygen atoms in total. The second-order valence-electron chi connectivity index (χ2n) is 4.62. The maximum absolute atomic E-state index is 10.5. The van der Waals surface area contributed by atoms with E-state index >= 15 is 0 Å². The average Bonchev–Trinajstić information content (AvgIpc) is 2.85. The van der Waals surface area contributed by atoms with Gasteiger partial charge in [-0.25, -0.2) is 0 Å². The molecule has 2 aliphatic rings. The molecule has 1 N–H and O–H groups in total. The van der Waals surface area contributed by atoms with Crippen LogP contribution in [0.2, 0.25) is 0 Å². The van der Waals surface area contributed by atoms with E-state index in [1.165, 1.54) is 12.8 Å². The zero-order valence-corrected chi connectivity index (χ0v) is 8.25. The zero-order chi connectivity index (χ0) is 9.31. The van der Waals surface area contributed by atoms with Gasteiger partial charge in [0.25, 0.3) is 0 Å². The topological polar surface area (TPSA) is 32.3 Å². The monoisotopic (exact) mass is 182 g/mol. The van der Waals surface area contributed by atoms with E-state index in [2.05, 4.69) is 12.2 Å². The Labute approximate surface area is 79.5 Å². The normalized spacial score (nSPS) is 27.3. The first kappa shape index (κ1) is 9.00. The lowest BCUT2D eigenvalue weighted by Crippen LogP contribution is -2.45. The lowest BCUT2D eigenvalue weighted by molar-refractivity contribution is -0.119. The standard InChI is InChI=1S/C10H18N2O/c1-10(4-5-10)11-9-2-6-12(8-13)7-3-9/h8-9,11H,2-7H2,1H3. The van der Waals surface area contributed by atoms with Gasteiger partial charge in [0.2, 0.25) is 6.41 Å². The number of nitrogens with zero attached hydrogens (tertiary/aromatic N) is 1. The van der Waals surface area contributed by atoms with Gasteiger partial charge in [-0.1, -0.05) is 0 Å². The van der Waals surface area contributed by atoms with Gasteiger partial charge < -0.3 is 10.2 Å². The van der Waals surface area contributed by atoms with E-state index < -0.39 is 0 Å². The molecule has 0 aromatic rings. The fraction of sp³-hybridized carbons (Fsp3) is 0.900. The summed E-state index contributed by atoms with van der Waals surface area (Å²) in [7, 11) is 0. The van der Waals surface area contributed by atoms with Crippen LogP contribution in [0.4, 0.5) is 0 Å². The first-order valence-corrected chi connectivity index (χ1v) is 5.19. The van der Waals surface area contributed by atoms with Crippen molar-refractivity contribution in [1.29, 1.82) is 0 Å². The molecule has 3 heteroatoms. The van der Waals surface area contributed by atoms with Crippen molar-refractivity contribution in [3.8, 4) is 0 Å². The predicted octanol–water partition coefficient (Wildman–Crippen LogP) is 0.749. The minimum absolute atomic E-state index is 0.439. The van der Waals surface area contributed by atoms with Crippen LogP contribution >= 0.6 is 0 Å². The van der Waals surface area contributed by atoms with Crippen LogP contribution < -0.4 is 5.32 Å². The van der Waals surface area contributed by atoms with Crippen molar-refractivity contribution in [2.75, 3.05) is 13.1 Å². The molecule has 1 aliphatic heterocycles. The Morgan fingerprint density at radius 1 is 1.38 bits per heavy atom. The van der Waals surface area contributed by atoms with Crippen molar-refractivity contribution in [2.45, 2.75) is 44.2 Å². The van der Waals surface area contributed by atoms with E-state index in [1.54, 1.807) is 0 Å². The molecule has 0 unspecified atom stereocenters. The molecule has 0 bridgehead atoms. The molecule has 74 valence electrons. The van der Waals surface area contributed by atoms with Gasteiger partial charge in [-0.05, 0) is 32.6 Å². The fourth-order valence-electron chi connectivity index (χ4n) is 1.97. The fourth-order valence-corrected chi connectivity index (χ4v) is 1.97. The molecule has 1 heterocycles. The van der Waals surface area contributed by atoms with E-state index in [9.17, 15) is 4.79 Å². The number of nitrogens with one attached hydrogen (secondary N) is 1. The van der Waals surface area contributed by atoms with Gasteiger partial charge in [0.05, 0.1) is 0 Å². The van der Waals surface area contributed by atoms with Crippen molar-refractivity contribution < 1.29 is 4.79 Å². The first-order valence-electron chi connectivity index (χ1n) is 5.19. The van der Waals surface area contributed by atoms with E-state index in [0.717, 1.165) is 32.3 Å². The van der Waals surface area contributed by atoms with Crippen molar-refractivity contribution in [1.82, 2.24) is 10.2 Å². The van der Waals surface area contributed by atoms with Crippen LogP contribution in [-0.4, -0.2) is 36.0 Å². The predicted molar refractivity (Wildman–Crippen MR) is 51.4 cm³/mol. The molecule has 1 amide bonds. The van der Waals surface area contributed by atoms with Gasteiger partial charge in [0.1, 0.15) is 0 Å². The van der Waals surface area contributed by atoms with Gasteiger partial charge in [0, 0.05) is 24.7 Å². The molecule has 1 saturated heterocycles. The molecular weight excluding hydrogens is 164 g/mol. The van der Waals surface area contributed by atoms with Crippen LogP contribution in [0.1, 0.15) is 32.6 Å². The van der Waals surface area contributed by atoms with E-state index in [1.807, 2.05) is 4.90 Å². The summed E-state index contributed by atoms with van der Waals surface area (Å²) in [6.07, 6.45) is 5.85. The number of amides is 1. The third-order valence-corrected chi connectivity index (χ3v) is 3.23. The number of hydrogen-bond donors (Lipinski definition) is 1. The summed E-state index contributed by atoms with van der Waals surface area (Å²) in [4.78, 5) is 12.3. The largest absolute Gasteiger partial charge is 0.345 e. The van der Waals surface area contributed by atoms with E-state index in [-0.39, 0.29) is 0 Å². The molecule has 2 rings (SSSR count). The zero-order valence-electron chi connectivity index (χ0n) is 8.25. The van der Waals surface area contributed by atoms with Crippen LogP contribution in [-0.2, 0) is 4.79 Å². The van der Waals surface area contributed by atoms with Crippen LogP contribution in [0.3, 0.4) is 0 Å². The van der Waals surface area contributed by atoms with Gasteiger partial charge in [0.15, 0.2) is 0 Å². The van der Waals surface area contributed by atoms with Crippen molar-refractivity contribution in [3.63, 3.8) is 0 Å². The lowest BCUT2D eigenvalue weighted by atomic mass is 10.0. The maximum Gasteiger partial charge on any atom is 0.209 e. The minimum atomic E-state index is 0.439. The number of hydrogen-bond acceptors (Lipinski definition) is 2. The first-order chi connectivity index (χ1) is 6.22. The summed E-state index contributed by atoms with van der Waals surface area (Å²) in [5.74, 6) is 0. The van der Waals surface area contributed by atoms with Crippen LogP contribution in [0.15, 0.2) is 0 Å². The van der Waals surface area contributed by atoms with Crippen LogP contribution in [0.5, 0.6) is 0 Å². The van der Waals surface area contributed by atoms with Gasteiger partial charge in [-0.2, -0.15) is 0 Å². The smallest absolute Gasteiger partial charge is 0.209 e. The Morgan fingerprint density at radius 3 is 2.46 bits per heavy atom. The molecule has 0 spiro atoms. The molecule has 0 aromatic heterocycles. The minimum Gasteiger partial charge on any atom is -0.345 e. The summed E-state index contributed by atoms with van der Waals surface area (Å²) in [5, 5.41) is 3.67. The SMILES string of the molecule is CC1(NC2CCN(C=O)CC2)CC1. The number of piperidine rings is 1. The molecule has 1 aliphatic carbocycles. The molecule has 13 heavy (non-hydrogen) atoms. The average molecular weight is 182 g/mol.